The molecule has 2 aromatic rings. The van der Waals surface area contributed by atoms with E-state index in [0.29, 0.717) is 0 Å². The molecular formula is C16H20N2O. The summed E-state index contributed by atoms with van der Waals surface area (Å²) in [7, 11) is 2.09. The Morgan fingerprint density at radius 3 is 2.74 bits per heavy atom. The number of hydrogen-bond acceptors (Lipinski definition) is 1. The monoisotopic (exact) mass is 256 g/mol. The van der Waals surface area contributed by atoms with Crippen LogP contribution < -0.4 is 5.32 Å². The van der Waals surface area contributed by atoms with Gasteiger partial charge in [-0.05, 0) is 24.5 Å². The van der Waals surface area contributed by atoms with Crippen LogP contribution in [0.1, 0.15) is 31.7 Å². The van der Waals surface area contributed by atoms with E-state index in [1.54, 1.807) is 6.92 Å². The number of nitrogens with one attached hydrogen (secondary N) is 1. The average Bonchev–Trinajstić information content (AvgIpc) is 2.67. The molecule has 1 aliphatic rings. The summed E-state index contributed by atoms with van der Waals surface area (Å²) in [5, 5.41) is 4.34. The van der Waals surface area contributed by atoms with Crippen LogP contribution in [0.25, 0.3) is 10.9 Å². The molecule has 1 aliphatic carbocycles. The van der Waals surface area contributed by atoms with Gasteiger partial charge in [-0.2, -0.15) is 0 Å². The summed E-state index contributed by atoms with van der Waals surface area (Å²) in [6, 6.07) is 8.52. The van der Waals surface area contributed by atoms with E-state index in [1.165, 1.54) is 35.7 Å². The average molecular weight is 256 g/mol. The molecule has 100 valence electrons. The third kappa shape index (κ3) is 1.93. The zero-order valence-electron chi connectivity index (χ0n) is 11.6. The van der Waals surface area contributed by atoms with Crippen LogP contribution in [0.15, 0.2) is 30.5 Å². The molecule has 1 aromatic carbocycles. The first kappa shape index (κ1) is 12.3. The lowest BCUT2D eigenvalue weighted by atomic mass is 9.64. The van der Waals surface area contributed by atoms with Gasteiger partial charge in [0.05, 0.1) is 0 Å². The second-order valence-corrected chi connectivity index (χ2v) is 5.71. The van der Waals surface area contributed by atoms with Gasteiger partial charge in [0, 0.05) is 43.0 Å². The number of amides is 1. The first-order chi connectivity index (χ1) is 9.12. The number of carbonyl (C=O) groups is 1. The molecule has 1 saturated carbocycles. The van der Waals surface area contributed by atoms with Crippen molar-refractivity contribution in [3.63, 3.8) is 0 Å². The summed E-state index contributed by atoms with van der Waals surface area (Å²) < 4.78 is 2.19. The Labute approximate surface area is 113 Å². The van der Waals surface area contributed by atoms with Crippen LogP contribution in [0.4, 0.5) is 0 Å². The first-order valence-corrected chi connectivity index (χ1v) is 6.91. The molecule has 0 spiro atoms. The lowest BCUT2D eigenvalue weighted by Crippen LogP contribution is -2.45. The van der Waals surface area contributed by atoms with Gasteiger partial charge < -0.3 is 9.88 Å². The summed E-state index contributed by atoms with van der Waals surface area (Å²) in [4.78, 5) is 11.2. The Hall–Kier alpha value is -1.77. The van der Waals surface area contributed by atoms with Crippen LogP contribution in [0, 0.1) is 0 Å². The summed E-state index contributed by atoms with van der Waals surface area (Å²) in [6.45, 7) is 2.35. The molecule has 19 heavy (non-hydrogen) atoms. The van der Waals surface area contributed by atoms with Gasteiger partial charge in [-0.15, -0.1) is 0 Å². The number of rotatable bonds is 3. The molecule has 3 heteroatoms. The van der Waals surface area contributed by atoms with E-state index >= 15 is 0 Å². The molecule has 3 rings (SSSR count). The van der Waals surface area contributed by atoms with Gasteiger partial charge in [-0.3, -0.25) is 4.79 Å². The second kappa shape index (κ2) is 4.41. The lowest BCUT2D eigenvalue weighted by molar-refractivity contribution is -0.119. The summed E-state index contributed by atoms with van der Waals surface area (Å²) in [6.07, 6.45) is 5.83. The smallest absolute Gasteiger partial charge is 0.216 e. The highest BCUT2D eigenvalue weighted by atomic mass is 16.1. The third-order valence-corrected chi connectivity index (χ3v) is 4.45. The molecule has 0 radical (unpaired) electrons. The van der Waals surface area contributed by atoms with E-state index in [2.05, 4.69) is 47.4 Å². The Morgan fingerprint density at radius 1 is 1.37 bits per heavy atom. The van der Waals surface area contributed by atoms with Gasteiger partial charge >= 0.3 is 0 Å². The molecule has 0 atom stereocenters. The molecular weight excluding hydrogens is 236 g/mol. The van der Waals surface area contributed by atoms with Crippen molar-refractivity contribution in [2.45, 2.75) is 31.6 Å². The van der Waals surface area contributed by atoms with Crippen molar-refractivity contribution in [2.75, 3.05) is 6.54 Å². The van der Waals surface area contributed by atoms with Crippen molar-refractivity contribution in [2.24, 2.45) is 7.05 Å². The first-order valence-electron chi connectivity index (χ1n) is 6.91. The SMILES string of the molecule is CC(=O)NCC1(c2cn(C)c3ccccc23)CCC1. The van der Waals surface area contributed by atoms with E-state index < -0.39 is 0 Å². The van der Waals surface area contributed by atoms with Gasteiger partial charge in [0.25, 0.3) is 0 Å². The topological polar surface area (TPSA) is 34.0 Å². The number of aromatic nitrogens is 1. The number of benzene rings is 1. The van der Waals surface area contributed by atoms with Crippen LogP contribution >= 0.6 is 0 Å². The standard InChI is InChI=1S/C16H20N2O/c1-12(19)17-11-16(8-5-9-16)14-10-18(2)15-7-4-3-6-13(14)15/h3-4,6-7,10H,5,8-9,11H2,1-2H3,(H,17,19). The molecule has 0 aliphatic heterocycles. The van der Waals surface area contributed by atoms with E-state index in [0.717, 1.165) is 6.54 Å². The number of fused-ring (bicyclic) bond motifs is 1. The highest BCUT2D eigenvalue weighted by Crippen LogP contribution is 2.46. The predicted octanol–water partition coefficient (Wildman–Crippen LogP) is 2.74. The molecule has 1 amide bonds. The van der Waals surface area contributed by atoms with Crippen LogP contribution in [-0.4, -0.2) is 17.0 Å². The Kier molecular flexibility index (Phi) is 2.85. The number of aryl methyl sites for hydroxylation is 1. The van der Waals surface area contributed by atoms with Crippen molar-refractivity contribution in [1.29, 1.82) is 0 Å². The molecule has 1 aromatic heterocycles. The van der Waals surface area contributed by atoms with Gasteiger partial charge in [-0.25, -0.2) is 0 Å². The molecule has 1 heterocycles. The summed E-state index contributed by atoms with van der Waals surface area (Å²) >= 11 is 0. The van der Waals surface area contributed by atoms with Crippen LogP contribution in [0.5, 0.6) is 0 Å². The maximum Gasteiger partial charge on any atom is 0.216 e. The van der Waals surface area contributed by atoms with Gasteiger partial charge in [0.1, 0.15) is 0 Å². The number of para-hydroxylation sites is 1. The van der Waals surface area contributed by atoms with Crippen molar-refractivity contribution >= 4 is 16.8 Å². The van der Waals surface area contributed by atoms with E-state index in [1.807, 2.05) is 0 Å². The van der Waals surface area contributed by atoms with Gasteiger partial charge in [-0.1, -0.05) is 24.6 Å². The van der Waals surface area contributed by atoms with Crippen molar-refractivity contribution in [3.05, 3.63) is 36.0 Å². The lowest BCUT2D eigenvalue weighted by Gasteiger charge is -2.42. The van der Waals surface area contributed by atoms with Gasteiger partial charge in [0.15, 0.2) is 0 Å². The second-order valence-electron chi connectivity index (χ2n) is 5.71. The van der Waals surface area contributed by atoms with Crippen LogP contribution in [-0.2, 0) is 17.3 Å². The van der Waals surface area contributed by atoms with Gasteiger partial charge in [0.2, 0.25) is 5.91 Å². The van der Waals surface area contributed by atoms with Crippen LogP contribution in [0.3, 0.4) is 0 Å². The summed E-state index contributed by atoms with van der Waals surface area (Å²) in [5.41, 5.74) is 2.81. The van der Waals surface area contributed by atoms with E-state index in [4.69, 9.17) is 0 Å². The van der Waals surface area contributed by atoms with E-state index in [-0.39, 0.29) is 11.3 Å². The maximum absolute atomic E-state index is 11.2. The fourth-order valence-electron chi connectivity index (χ4n) is 3.20. The Morgan fingerprint density at radius 2 is 2.11 bits per heavy atom. The van der Waals surface area contributed by atoms with E-state index in [9.17, 15) is 4.79 Å². The number of hydrogen-bond donors (Lipinski definition) is 1. The number of nitrogens with zero attached hydrogens (tertiary/aromatic N) is 1. The zero-order chi connectivity index (χ0) is 13.5. The van der Waals surface area contributed by atoms with Crippen molar-refractivity contribution in [1.82, 2.24) is 9.88 Å². The number of carbonyl (C=O) groups excluding carboxylic acids is 1. The molecule has 0 unspecified atom stereocenters. The minimum atomic E-state index is 0.0616. The maximum atomic E-state index is 11.2. The minimum absolute atomic E-state index is 0.0616. The van der Waals surface area contributed by atoms with Crippen LogP contribution in [0.2, 0.25) is 0 Å². The fraction of sp³-hybridized carbons (Fsp3) is 0.438. The molecule has 1 N–H and O–H groups in total. The molecule has 0 saturated heterocycles. The zero-order valence-corrected chi connectivity index (χ0v) is 11.6. The highest BCUT2D eigenvalue weighted by Gasteiger charge is 2.40. The quantitative estimate of drug-likeness (QED) is 0.900. The van der Waals surface area contributed by atoms with Crippen molar-refractivity contribution in [3.8, 4) is 0 Å². The normalized spacial score (nSPS) is 17.2. The highest BCUT2D eigenvalue weighted by molar-refractivity contribution is 5.85. The predicted molar refractivity (Wildman–Crippen MR) is 77.1 cm³/mol. The minimum Gasteiger partial charge on any atom is -0.355 e. The Balaban J connectivity index is 2.04. The fourth-order valence-corrected chi connectivity index (χ4v) is 3.20. The van der Waals surface area contributed by atoms with Crippen molar-refractivity contribution < 1.29 is 4.79 Å². The molecule has 3 nitrogen and oxygen atoms in total. The summed E-state index contributed by atoms with van der Waals surface area (Å²) in [5.74, 6) is 0.0616. The largest absolute Gasteiger partial charge is 0.355 e. The Bertz CT molecular complexity index is 623. The molecule has 0 bridgehead atoms. The molecule has 1 fully saturated rings. The third-order valence-electron chi connectivity index (χ3n) is 4.45.